The van der Waals surface area contributed by atoms with E-state index in [1.54, 1.807) is 0 Å². The molecule has 2 amide bonds. The van der Waals surface area contributed by atoms with Gasteiger partial charge in [0.1, 0.15) is 0 Å². The van der Waals surface area contributed by atoms with Gasteiger partial charge < -0.3 is 9.47 Å². The molecule has 0 radical (unpaired) electrons. The molecule has 0 aromatic heterocycles. The highest BCUT2D eigenvalue weighted by molar-refractivity contribution is 6.15. The van der Waals surface area contributed by atoms with E-state index in [1.807, 2.05) is 67.6 Å². The predicted octanol–water partition coefficient (Wildman–Crippen LogP) is 4.73. The van der Waals surface area contributed by atoms with Crippen LogP contribution in [-0.4, -0.2) is 23.5 Å². The van der Waals surface area contributed by atoms with Gasteiger partial charge in [-0.1, -0.05) is 54.6 Å². The van der Waals surface area contributed by atoms with E-state index < -0.39 is 0 Å². The maximum atomic E-state index is 12.9. The molecule has 5 nitrogen and oxygen atoms in total. The summed E-state index contributed by atoms with van der Waals surface area (Å²) in [6, 6.07) is 21.8. The molecule has 31 heavy (non-hydrogen) atoms. The van der Waals surface area contributed by atoms with Gasteiger partial charge in [-0.2, -0.15) is 0 Å². The summed E-state index contributed by atoms with van der Waals surface area (Å²) in [5.74, 6) is 0.914. The Morgan fingerprint density at radius 1 is 0.903 bits per heavy atom. The number of nitrogens with zero attached hydrogens (tertiary/aromatic N) is 1. The third-order valence-electron chi connectivity index (χ3n) is 5.68. The van der Waals surface area contributed by atoms with Crippen LogP contribution in [0.25, 0.3) is 17.2 Å². The Balaban J connectivity index is 1.35. The highest BCUT2D eigenvalue weighted by atomic mass is 16.7. The molecule has 2 aliphatic heterocycles. The third-order valence-corrected chi connectivity index (χ3v) is 5.68. The van der Waals surface area contributed by atoms with Crippen molar-refractivity contribution in [2.45, 2.75) is 19.9 Å². The molecule has 1 saturated heterocycles. The van der Waals surface area contributed by atoms with Gasteiger partial charge in [0.25, 0.3) is 5.91 Å². The monoisotopic (exact) mass is 411 g/mol. The Labute approximate surface area is 180 Å². The average Bonchev–Trinajstić information content (AvgIpc) is 3.34. The molecule has 0 aliphatic carbocycles. The van der Waals surface area contributed by atoms with Gasteiger partial charge in [-0.3, -0.25) is 14.5 Å². The summed E-state index contributed by atoms with van der Waals surface area (Å²) < 4.78 is 10.8. The molecule has 0 bridgehead atoms. The van der Waals surface area contributed by atoms with Crippen LogP contribution in [-0.2, 0) is 16.1 Å². The number of carbonyl (C=O) groups excluding carboxylic acids is 2. The minimum Gasteiger partial charge on any atom is -0.454 e. The molecule has 0 spiro atoms. The van der Waals surface area contributed by atoms with E-state index in [4.69, 9.17) is 9.47 Å². The highest BCUT2D eigenvalue weighted by Gasteiger charge is 2.34. The van der Waals surface area contributed by atoms with Crippen molar-refractivity contribution in [3.63, 3.8) is 0 Å². The van der Waals surface area contributed by atoms with Crippen molar-refractivity contribution in [3.05, 3.63) is 89.0 Å². The lowest BCUT2D eigenvalue weighted by atomic mass is 10.0. The van der Waals surface area contributed by atoms with Crippen LogP contribution in [0.4, 0.5) is 0 Å². The van der Waals surface area contributed by atoms with Crippen LogP contribution >= 0.6 is 0 Å². The number of ether oxygens (including phenoxy) is 2. The molecule has 3 aromatic rings. The molecule has 3 aromatic carbocycles. The fourth-order valence-corrected chi connectivity index (χ4v) is 3.92. The zero-order valence-corrected chi connectivity index (χ0v) is 17.1. The fourth-order valence-electron chi connectivity index (χ4n) is 3.92. The first kappa shape index (κ1) is 19.1. The Morgan fingerprint density at radius 2 is 1.58 bits per heavy atom. The molecule has 2 heterocycles. The SMILES string of the molecule is Cc1cc2c(cc1CN1C(=O)CC(=Cc3ccc(-c4ccccc4)cc3)C1=O)OCO2. The molecule has 1 fully saturated rings. The summed E-state index contributed by atoms with van der Waals surface area (Å²) in [5.41, 5.74) is 5.49. The Bertz CT molecular complexity index is 1200. The van der Waals surface area contributed by atoms with Crippen LogP contribution < -0.4 is 9.47 Å². The Morgan fingerprint density at radius 3 is 2.32 bits per heavy atom. The average molecular weight is 411 g/mol. The minimum atomic E-state index is -0.241. The lowest BCUT2D eigenvalue weighted by molar-refractivity contribution is -0.138. The van der Waals surface area contributed by atoms with Crippen molar-refractivity contribution in [1.82, 2.24) is 4.90 Å². The molecule has 0 unspecified atom stereocenters. The van der Waals surface area contributed by atoms with Gasteiger partial charge in [-0.05, 0) is 52.9 Å². The second kappa shape index (κ2) is 7.76. The summed E-state index contributed by atoms with van der Waals surface area (Å²) in [7, 11) is 0. The lowest BCUT2D eigenvalue weighted by Gasteiger charge is -2.15. The summed E-state index contributed by atoms with van der Waals surface area (Å²) in [6.07, 6.45) is 1.92. The van der Waals surface area contributed by atoms with Gasteiger partial charge in [-0.25, -0.2) is 0 Å². The van der Waals surface area contributed by atoms with Crippen LogP contribution in [0.2, 0.25) is 0 Å². The molecule has 154 valence electrons. The van der Waals surface area contributed by atoms with Crippen LogP contribution in [0.1, 0.15) is 23.1 Å². The Hall–Kier alpha value is -3.86. The minimum absolute atomic E-state index is 0.114. The number of likely N-dealkylation sites (tertiary alicyclic amines) is 1. The molecule has 0 saturated carbocycles. The largest absolute Gasteiger partial charge is 0.454 e. The van der Waals surface area contributed by atoms with Gasteiger partial charge in [0, 0.05) is 5.57 Å². The quantitative estimate of drug-likeness (QED) is 0.460. The molecular weight excluding hydrogens is 390 g/mol. The zero-order valence-electron chi connectivity index (χ0n) is 17.1. The Kier molecular flexibility index (Phi) is 4.79. The number of carbonyl (C=O) groups is 2. The van der Waals surface area contributed by atoms with Crippen molar-refractivity contribution >= 4 is 17.9 Å². The summed E-state index contributed by atoms with van der Waals surface area (Å²) >= 11 is 0. The topological polar surface area (TPSA) is 55.8 Å². The van der Waals surface area contributed by atoms with Gasteiger partial charge in [0.2, 0.25) is 12.7 Å². The number of benzene rings is 3. The van der Waals surface area contributed by atoms with Crippen LogP contribution in [0.15, 0.2) is 72.3 Å². The fraction of sp³-hybridized carbons (Fsp3) is 0.154. The molecule has 0 N–H and O–H groups in total. The maximum Gasteiger partial charge on any atom is 0.257 e. The van der Waals surface area contributed by atoms with Crippen molar-refractivity contribution in [3.8, 4) is 22.6 Å². The van der Waals surface area contributed by atoms with E-state index >= 15 is 0 Å². The smallest absolute Gasteiger partial charge is 0.257 e. The number of hydrogen-bond donors (Lipinski definition) is 0. The molecular formula is C26H21NO4. The van der Waals surface area contributed by atoms with Gasteiger partial charge in [-0.15, -0.1) is 0 Å². The molecule has 5 rings (SSSR count). The second-order valence-electron chi connectivity index (χ2n) is 7.75. The molecule has 0 atom stereocenters. The summed E-state index contributed by atoms with van der Waals surface area (Å²) in [4.78, 5) is 26.8. The maximum absolute atomic E-state index is 12.9. The van der Waals surface area contributed by atoms with Gasteiger partial charge in [0.15, 0.2) is 11.5 Å². The van der Waals surface area contributed by atoms with E-state index in [0.717, 1.165) is 27.8 Å². The molecule has 2 aliphatic rings. The highest BCUT2D eigenvalue weighted by Crippen LogP contribution is 2.35. The predicted molar refractivity (Wildman–Crippen MR) is 117 cm³/mol. The lowest BCUT2D eigenvalue weighted by Crippen LogP contribution is -2.29. The summed E-state index contributed by atoms with van der Waals surface area (Å²) in [5, 5.41) is 0. The first-order valence-corrected chi connectivity index (χ1v) is 10.2. The number of fused-ring (bicyclic) bond motifs is 1. The van der Waals surface area contributed by atoms with Crippen LogP contribution in [0, 0.1) is 6.92 Å². The standard InChI is InChI=1S/C26H21NO4/c1-17-11-23-24(31-16-30-23)13-22(17)15-27-25(28)14-21(26(27)29)12-18-7-9-20(10-8-18)19-5-3-2-4-6-19/h2-13H,14-16H2,1H3. The first-order valence-electron chi connectivity index (χ1n) is 10.2. The van der Waals surface area contributed by atoms with Crippen molar-refractivity contribution in [2.24, 2.45) is 0 Å². The number of aryl methyl sites for hydroxylation is 1. The first-order chi connectivity index (χ1) is 15.1. The van der Waals surface area contributed by atoms with Crippen molar-refractivity contribution < 1.29 is 19.1 Å². The van der Waals surface area contributed by atoms with E-state index in [2.05, 4.69) is 12.1 Å². The molecule has 5 heteroatoms. The van der Waals surface area contributed by atoms with E-state index in [-0.39, 0.29) is 31.6 Å². The second-order valence-corrected chi connectivity index (χ2v) is 7.75. The number of hydrogen-bond acceptors (Lipinski definition) is 4. The van der Waals surface area contributed by atoms with Gasteiger partial charge in [0.05, 0.1) is 13.0 Å². The zero-order chi connectivity index (χ0) is 21.4. The van der Waals surface area contributed by atoms with Gasteiger partial charge >= 0.3 is 0 Å². The van der Waals surface area contributed by atoms with E-state index in [1.165, 1.54) is 4.90 Å². The number of amides is 2. The van der Waals surface area contributed by atoms with Crippen molar-refractivity contribution in [2.75, 3.05) is 6.79 Å². The van der Waals surface area contributed by atoms with Crippen molar-refractivity contribution in [1.29, 1.82) is 0 Å². The van der Waals surface area contributed by atoms with Crippen LogP contribution in [0.3, 0.4) is 0 Å². The number of rotatable bonds is 4. The summed E-state index contributed by atoms with van der Waals surface area (Å²) in [6.45, 7) is 2.35. The van der Waals surface area contributed by atoms with E-state index in [9.17, 15) is 9.59 Å². The number of imide groups is 1. The van der Waals surface area contributed by atoms with Crippen LogP contribution in [0.5, 0.6) is 11.5 Å². The third kappa shape index (κ3) is 3.70. The normalized spacial score (nSPS) is 16.4. The van der Waals surface area contributed by atoms with E-state index in [0.29, 0.717) is 17.1 Å².